The Balaban J connectivity index is 3.26. The van der Waals surface area contributed by atoms with Crippen molar-refractivity contribution in [2.75, 3.05) is 34.4 Å². The summed E-state index contributed by atoms with van der Waals surface area (Å²) in [6.45, 7) is 10.0. The Morgan fingerprint density at radius 3 is 2.36 bits per heavy atom. The number of rotatable bonds is 10. The van der Waals surface area contributed by atoms with Crippen LogP contribution in [0.15, 0.2) is 18.2 Å². The normalized spacial score (nSPS) is 13.6. The molecule has 5 heteroatoms. The van der Waals surface area contributed by atoms with E-state index < -0.39 is 5.54 Å². The Hall–Kier alpha value is -1.75. The lowest BCUT2D eigenvalue weighted by atomic mass is 9.76. The molecule has 0 fully saturated rings. The second-order valence-electron chi connectivity index (χ2n) is 6.88. The fraction of sp³-hybridized carbons (Fsp3) is 0.650. The zero-order valence-electron chi connectivity index (χ0n) is 16.8. The van der Waals surface area contributed by atoms with E-state index in [9.17, 15) is 4.79 Å². The van der Waals surface area contributed by atoms with Crippen LogP contribution in [0.25, 0.3) is 0 Å². The Labute approximate surface area is 152 Å². The van der Waals surface area contributed by atoms with Crippen LogP contribution >= 0.6 is 0 Å². The van der Waals surface area contributed by atoms with E-state index in [0.29, 0.717) is 11.5 Å². The molecule has 5 nitrogen and oxygen atoms in total. The highest BCUT2D eigenvalue weighted by molar-refractivity contribution is 5.74. The second kappa shape index (κ2) is 9.66. The van der Waals surface area contributed by atoms with Gasteiger partial charge in [-0.05, 0) is 56.6 Å². The molecule has 0 aliphatic carbocycles. The Morgan fingerprint density at radius 2 is 1.88 bits per heavy atom. The molecule has 0 saturated heterocycles. The molecule has 1 atom stereocenters. The standard InChI is InChI=1S/C20H34N2O3/c1-8-22(5)13-9-12-20(15(2)3,21-16(4)23)17-10-11-18(24-6)19(14-17)25-7/h10-11,14-15H,8-9,12-13H2,1-7H3,(H,21,23). The number of hydrogen-bond acceptors (Lipinski definition) is 4. The van der Waals surface area contributed by atoms with Gasteiger partial charge in [-0.3, -0.25) is 4.79 Å². The average Bonchev–Trinajstić information content (AvgIpc) is 2.59. The maximum absolute atomic E-state index is 12.0. The van der Waals surface area contributed by atoms with Crippen molar-refractivity contribution in [2.45, 2.75) is 46.1 Å². The van der Waals surface area contributed by atoms with Crippen LogP contribution < -0.4 is 14.8 Å². The summed E-state index contributed by atoms with van der Waals surface area (Å²) < 4.78 is 10.8. The summed E-state index contributed by atoms with van der Waals surface area (Å²) in [7, 11) is 5.38. The molecule has 0 saturated carbocycles. The number of carbonyl (C=O) groups is 1. The van der Waals surface area contributed by atoms with Crippen LogP contribution in [0.2, 0.25) is 0 Å². The van der Waals surface area contributed by atoms with Gasteiger partial charge in [0.2, 0.25) is 5.91 Å². The number of ether oxygens (including phenoxy) is 2. The minimum absolute atomic E-state index is 0.0210. The third-order valence-corrected chi connectivity index (χ3v) is 4.93. The zero-order valence-corrected chi connectivity index (χ0v) is 16.8. The van der Waals surface area contributed by atoms with Crippen molar-refractivity contribution in [1.82, 2.24) is 10.2 Å². The van der Waals surface area contributed by atoms with Gasteiger partial charge in [0, 0.05) is 6.92 Å². The maximum atomic E-state index is 12.0. The number of amides is 1. The highest BCUT2D eigenvalue weighted by Crippen LogP contribution is 2.39. The topological polar surface area (TPSA) is 50.8 Å². The fourth-order valence-electron chi connectivity index (χ4n) is 3.26. The minimum atomic E-state index is -0.431. The van der Waals surface area contributed by atoms with Gasteiger partial charge in [0.15, 0.2) is 11.5 Å². The quantitative estimate of drug-likeness (QED) is 0.702. The van der Waals surface area contributed by atoms with Crippen LogP contribution in [-0.4, -0.2) is 45.2 Å². The van der Waals surface area contributed by atoms with Gasteiger partial charge in [-0.15, -0.1) is 0 Å². The van der Waals surface area contributed by atoms with Crippen molar-refractivity contribution >= 4 is 5.91 Å². The second-order valence-corrected chi connectivity index (χ2v) is 6.88. The number of nitrogens with zero attached hydrogens (tertiary/aromatic N) is 1. The Morgan fingerprint density at radius 1 is 1.24 bits per heavy atom. The van der Waals surface area contributed by atoms with E-state index in [-0.39, 0.29) is 11.8 Å². The molecule has 0 aromatic heterocycles. The van der Waals surface area contributed by atoms with Crippen molar-refractivity contribution in [1.29, 1.82) is 0 Å². The van der Waals surface area contributed by atoms with Crippen LogP contribution in [0.5, 0.6) is 11.5 Å². The third-order valence-electron chi connectivity index (χ3n) is 4.93. The van der Waals surface area contributed by atoms with Crippen molar-refractivity contribution in [3.63, 3.8) is 0 Å². The lowest BCUT2D eigenvalue weighted by Crippen LogP contribution is -2.49. The Kier molecular flexibility index (Phi) is 8.23. The van der Waals surface area contributed by atoms with Crippen LogP contribution in [0.4, 0.5) is 0 Å². The first-order chi connectivity index (χ1) is 11.8. The molecule has 0 heterocycles. The predicted molar refractivity (Wildman–Crippen MR) is 102 cm³/mol. The SMILES string of the molecule is CCN(C)CCCC(NC(C)=O)(c1ccc(OC)c(OC)c1)C(C)C. The summed E-state index contributed by atoms with van der Waals surface area (Å²) in [5, 5.41) is 3.24. The summed E-state index contributed by atoms with van der Waals surface area (Å²) in [5.74, 6) is 1.59. The van der Waals surface area contributed by atoms with E-state index in [1.54, 1.807) is 21.1 Å². The molecule has 1 amide bonds. The summed E-state index contributed by atoms with van der Waals surface area (Å²) in [6, 6.07) is 5.92. The monoisotopic (exact) mass is 350 g/mol. The van der Waals surface area contributed by atoms with E-state index in [0.717, 1.165) is 31.5 Å². The number of methoxy groups -OCH3 is 2. The van der Waals surface area contributed by atoms with Gasteiger partial charge in [-0.2, -0.15) is 0 Å². The molecule has 1 unspecified atom stereocenters. The van der Waals surface area contributed by atoms with Gasteiger partial charge in [-0.1, -0.05) is 26.8 Å². The lowest BCUT2D eigenvalue weighted by molar-refractivity contribution is -0.121. The lowest BCUT2D eigenvalue weighted by Gasteiger charge is -2.40. The van der Waals surface area contributed by atoms with Gasteiger partial charge in [0.05, 0.1) is 19.8 Å². The molecule has 0 spiro atoms. The van der Waals surface area contributed by atoms with E-state index in [1.807, 2.05) is 18.2 Å². The van der Waals surface area contributed by atoms with E-state index in [2.05, 4.69) is 38.0 Å². The van der Waals surface area contributed by atoms with Gasteiger partial charge in [-0.25, -0.2) is 0 Å². The molecular formula is C20H34N2O3. The van der Waals surface area contributed by atoms with E-state index in [4.69, 9.17) is 9.47 Å². The molecule has 0 radical (unpaired) electrons. The zero-order chi connectivity index (χ0) is 19.0. The largest absolute Gasteiger partial charge is 0.493 e. The molecule has 0 aliphatic heterocycles. The van der Waals surface area contributed by atoms with Crippen LogP contribution in [0.1, 0.15) is 46.1 Å². The third kappa shape index (κ3) is 5.36. The highest BCUT2D eigenvalue weighted by atomic mass is 16.5. The summed E-state index contributed by atoms with van der Waals surface area (Å²) >= 11 is 0. The first-order valence-corrected chi connectivity index (χ1v) is 9.00. The molecular weight excluding hydrogens is 316 g/mol. The van der Waals surface area contributed by atoms with E-state index in [1.165, 1.54) is 0 Å². The molecule has 1 N–H and O–H groups in total. The summed E-state index contributed by atoms with van der Waals surface area (Å²) in [6.07, 6.45) is 1.86. The first kappa shape index (κ1) is 21.3. The summed E-state index contributed by atoms with van der Waals surface area (Å²) in [5.41, 5.74) is 0.620. The highest BCUT2D eigenvalue weighted by Gasteiger charge is 2.36. The number of carbonyl (C=O) groups excluding carboxylic acids is 1. The fourth-order valence-corrected chi connectivity index (χ4v) is 3.26. The molecule has 0 bridgehead atoms. The van der Waals surface area contributed by atoms with Crippen LogP contribution in [-0.2, 0) is 10.3 Å². The minimum Gasteiger partial charge on any atom is -0.493 e. The number of hydrogen-bond donors (Lipinski definition) is 1. The van der Waals surface area contributed by atoms with Crippen molar-refractivity contribution in [2.24, 2.45) is 5.92 Å². The molecule has 1 aromatic rings. The first-order valence-electron chi connectivity index (χ1n) is 9.00. The molecule has 0 aliphatic rings. The maximum Gasteiger partial charge on any atom is 0.217 e. The van der Waals surface area contributed by atoms with E-state index >= 15 is 0 Å². The number of nitrogens with one attached hydrogen (secondary N) is 1. The van der Waals surface area contributed by atoms with Crippen molar-refractivity contribution < 1.29 is 14.3 Å². The van der Waals surface area contributed by atoms with Crippen molar-refractivity contribution in [3.05, 3.63) is 23.8 Å². The molecule has 142 valence electrons. The predicted octanol–water partition coefficient (Wildman–Crippen LogP) is 3.42. The summed E-state index contributed by atoms with van der Waals surface area (Å²) in [4.78, 5) is 14.3. The molecule has 25 heavy (non-hydrogen) atoms. The van der Waals surface area contributed by atoms with Gasteiger partial charge in [0.1, 0.15) is 0 Å². The van der Waals surface area contributed by atoms with Crippen molar-refractivity contribution in [3.8, 4) is 11.5 Å². The van der Waals surface area contributed by atoms with Gasteiger partial charge >= 0.3 is 0 Å². The van der Waals surface area contributed by atoms with Crippen LogP contribution in [0, 0.1) is 5.92 Å². The Bertz CT molecular complexity index is 560. The van der Waals surface area contributed by atoms with Gasteiger partial charge < -0.3 is 19.7 Å². The number of benzene rings is 1. The molecule has 1 rings (SSSR count). The molecule has 1 aromatic carbocycles. The average molecular weight is 351 g/mol. The smallest absolute Gasteiger partial charge is 0.217 e. The van der Waals surface area contributed by atoms with Gasteiger partial charge in [0.25, 0.3) is 0 Å². The van der Waals surface area contributed by atoms with Crippen LogP contribution in [0.3, 0.4) is 0 Å².